The van der Waals surface area contributed by atoms with Crippen LogP contribution in [0.3, 0.4) is 0 Å². The Morgan fingerprint density at radius 3 is 1.67 bits per heavy atom. The Balaban J connectivity index is 1.80. The first-order valence-corrected chi connectivity index (χ1v) is 22.4. The van der Waals surface area contributed by atoms with E-state index in [0.717, 1.165) is 81.6 Å². The molecule has 2 rings (SSSR count). The summed E-state index contributed by atoms with van der Waals surface area (Å²) in [7, 11) is 0. The fourth-order valence-electron chi connectivity index (χ4n) is 7.52. The summed E-state index contributed by atoms with van der Waals surface area (Å²) in [5.74, 6) is -1.26. The van der Waals surface area contributed by atoms with Gasteiger partial charge in [-0.25, -0.2) is 4.79 Å². The third-order valence-electron chi connectivity index (χ3n) is 11.1. The minimum Gasteiger partial charge on any atom is -0.385 e. The molecular formula is C46H78N2O7. The van der Waals surface area contributed by atoms with E-state index in [9.17, 15) is 29.4 Å². The average molecular weight is 771 g/mol. The van der Waals surface area contributed by atoms with Crippen molar-refractivity contribution in [1.29, 1.82) is 0 Å². The van der Waals surface area contributed by atoms with Crippen molar-refractivity contribution in [2.24, 2.45) is 0 Å². The van der Waals surface area contributed by atoms with E-state index in [1.165, 1.54) is 90.2 Å². The molecule has 1 saturated heterocycles. The van der Waals surface area contributed by atoms with Crippen LogP contribution in [0.1, 0.15) is 212 Å². The molecule has 0 spiro atoms. The van der Waals surface area contributed by atoms with Gasteiger partial charge >= 0.3 is 5.69 Å². The number of H-pyrrole nitrogens is 1. The average Bonchev–Trinajstić information content (AvgIpc) is 3.53. The number of nitrogens with zero attached hydrogens (tertiary/aromatic N) is 1. The maximum absolute atomic E-state index is 13.6. The minimum absolute atomic E-state index is 0.0679. The summed E-state index contributed by atoms with van der Waals surface area (Å²) in [6.45, 7) is 6.02. The highest BCUT2D eigenvalue weighted by Gasteiger charge is 2.56. The lowest BCUT2D eigenvalue weighted by Crippen LogP contribution is -2.52. The van der Waals surface area contributed by atoms with Crippen molar-refractivity contribution >= 4 is 11.6 Å². The van der Waals surface area contributed by atoms with Crippen LogP contribution < -0.4 is 11.2 Å². The van der Waals surface area contributed by atoms with Crippen LogP contribution in [0.15, 0.2) is 40.1 Å². The number of ketones is 2. The van der Waals surface area contributed by atoms with Crippen LogP contribution in [-0.4, -0.2) is 49.1 Å². The highest BCUT2D eigenvalue weighted by Crippen LogP contribution is 2.39. The van der Waals surface area contributed by atoms with E-state index in [0.29, 0.717) is 12.8 Å². The van der Waals surface area contributed by atoms with Crippen LogP contribution in [0.5, 0.6) is 0 Å². The fraction of sp³-hybridized carbons (Fsp3) is 0.783. The van der Waals surface area contributed by atoms with Crippen molar-refractivity contribution < 1.29 is 24.5 Å². The zero-order chi connectivity index (χ0) is 40.2. The Bertz CT molecular complexity index is 1360. The van der Waals surface area contributed by atoms with Gasteiger partial charge in [-0.15, -0.1) is 0 Å². The number of ether oxygens (including phenoxy) is 1. The Morgan fingerprint density at radius 2 is 1.18 bits per heavy atom. The molecule has 55 heavy (non-hydrogen) atoms. The second-order valence-corrected chi connectivity index (χ2v) is 16.1. The molecule has 0 saturated carbocycles. The molecule has 2 heterocycles. The van der Waals surface area contributed by atoms with E-state index in [4.69, 9.17) is 4.74 Å². The number of allylic oxidation sites excluding steroid dienone is 4. The predicted octanol–water partition coefficient (Wildman–Crippen LogP) is 10.4. The molecule has 4 atom stereocenters. The third-order valence-corrected chi connectivity index (χ3v) is 11.1. The van der Waals surface area contributed by atoms with Gasteiger partial charge in [0.1, 0.15) is 12.3 Å². The monoisotopic (exact) mass is 771 g/mol. The van der Waals surface area contributed by atoms with Crippen molar-refractivity contribution in [3.8, 4) is 0 Å². The number of aryl methyl sites for hydroxylation is 1. The molecule has 0 aliphatic carbocycles. The topological polar surface area (TPSA) is 139 Å². The number of aromatic amines is 1. The summed E-state index contributed by atoms with van der Waals surface area (Å²) < 4.78 is 7.06. The van der Waals surface area contributed by atoms with Gasteiger partial charge < -0.3 is 14.9 Å². The third kappa shape index (κ3) is 19.4. The van der Waals surface area contributed by atoms with Crippen LogP contribution in [0.25, 0.3) is 0 Å². The lowest BCUT2D eigenvalue weighted by molar-refractivity contribution is -0.159. The SMILES string of the molecule is CCCCCCCCC=CCCCCCCCC(=O)[C@]1(O)C[C@H](n2cc(C)c(=O)[nH]c2=O)O[C@@H]1C(=O)C(O)CCCCCCCC=CCCCCCCCC. The second kappa shape index (κ2) is 29.6. The summed E-state index contributed by atoms with van der Waals surface area (Å²) in [4.78, 5) is 54.1. The maximum Gasteiger partial charge on any atom is 0.330 e. The van der Waals surface area contributed by atoms with E-state index in [1.807, 2.05) is 0 Å². The zero-order valence-corrected chi connectivity index (χ0v) is 35.0. The van der Waals surface area contributed by atoms with Crippen LogP contribution in [0, 0.1) is 6.92 Å². The van der Waals surface area contributed by atoms with Crippen molar-refractivity contribution in [3.05, 3.63) is 56.9 Å². The van der Waals surface area contributed by atoms with Crippen LogP contribution in [0.2, 0.25) is 0 Å². The lowest BCUT2D eigenvalue weighted by Gasteiger charge is -2.27. The van der Waals surface area contributed by atoms with Crippen molar-refractivity contribution in [3.63, 3.8) is 0 Å². The van der Waals surface area contributed by atoms with Crippen molar-refractivity contribution in [2.45, 2.75) is 231 Å². The number of unbranched alkanes of at least 4 members (excludes halogenated alkanes) is 22. The normalized spacial score (nSPS) is 19.2. The molecule has 9 nitrogen and oxygen atoms in total. The van der Waals surface area contributed by atoms with Gasteiger partial charge in [0, 0.05) is 24.6 Å². The molecule has 0 amide bonds. The molecule has 3 N–H and O–H groups in total. The molecule has 1 aliphatic heterocycles. The Morgan fingerprint density at radius 1 is 0.745 bits per heavy atom. The molecule has 0 aromatic carbocycles. The molecule has 0 radical (unpaired) electrons. The molecular weight excluding hydrogens is 693 g/mol. The lowest BCUT2D eigenvalue weighted by atomic mass is 9.83. The van der Waals surface area contributed by atoms with E-state index in [-0.39, 0.29) is 24.8 Å². The van der Waals surface area contributed by atoms with Gasteiger partial charge in [-0.1, -0.05) is 147 Å². The van der Waals surface area contributed by atoms with E-state index in [2.05, 4.69) is 43.1 Å². The van der Waals surface area contributed by atoms with Crippen molar-refractivity contribution in [1.82, 2.24) is 9.55 Å². The molecule has 0 bridgehead atoms. The van der Waals surface area contributed by atoms with E-state index in [1.54, 1.807) is 0 Å². The maximum atomic E-state index is 13.6. The zero-order valence-electron chi connectivity index (χ0n) is 35.0. The Kier molecular flexibility index (Phi) is 26.1. The van der Waals surface area contributed by atoms with E-state index < -0.39 is 46.9 Å². The standard InChI is InChI=1S/C46H78N2O7/c1-4-6-8-10-12-14-16-18-20-22-24-26-28-30-32-34-39(49)42(51)43-46(54,36-41(55-43)48-37-38(3)44(52)47-45(48)53)40(50)35-33-31-29-27-25-23-21-19-17-15-13-11-9-7-5-2/h18-21,37,39,41,43,49,54H,4-17,22-36H2,1-3H3,(H,47,52,53)/t39?,41-,43-,46-/m1/s1. The highest BCUT2D eigenvalue weighted by molar-refractivity contribution is 5.98. The first-order chi connectivity index (χ1) is 26.7. The van der Waals surface area contributed by atoms with Crippen LogP contribution in [0.4, 0.5) is 0 Å². The van der Waals surface area contributed by atoms with Gasteiger partial charge in [0.15, 0.2) is 23.3 Å². The fourth-order valence-corrected chi connectivity index (χ4v) is 7.52. The number of carbonyl (C=O) groups is 2. The van der Waals surface area contributed by atoms with Crippen molar-refractivity contribution in [2.75, 3.05) is 0 Å². The largest absolute Gasteiger partial charge is 0.385 e. The molecule has 1 aliphatic rings. The van der Waals surface area contributed by atoms with Crippen LogP contribution >= 0.6 is 0 Å². The number of rotatable bonds is 34. The first-order valence-electron chi connectivity index (χ1n) is 22.4. The van der Waals surface area contributed by atoms with Gasteiger partial charge in [-0.2, -0.15) is 0 Å². The summed E-state index contributed by atoms with van der Waals surface area (Å²) in [5.41, 5.74) is -3.23. The number of carbonyl (C=O) groups excluding carboxylic acids is 2. The first kappa shape index (κ1) is 48.5. The number of hydrogen-bond donors (Lipinski definition) is 3. The van der Waals surface area contributed by atoms with Gasteiger partial charge in [0.05, 0.1) is 0 Å². The Hall–Kier alpha value is -2.62. The number of nitrogens with one attached hydrogen (secondary N) is 1. The molecule has 1 unspecified atom stereocenters. The summed E-state index contributed by atoms with van der Waals surface area (Å²) >= 11 is 0. The quantitative estimate of drug-likeness (QED) is 0.0468. The van der Waals surface area contributed by atoms with Gasteiger partial charge in [0.2, 0.25) is 0 Å². The molecule has 1 aromatic heterocycles. The summed E-state index contributed by atoms with van der Waals surface area (Å²) in [6.07, 6.45) is 35.7. The smallest absolute Gasteiger partial charge is 0.330 e. The van der Waals surface area contributed by atoms with Gasteiger partial charge in [-0.05, 0) is 71.1 Å². The summed E-state index contributed by atoms with van der Waals surface area (Å²) in [6, 6.07) is 0. The molecule has 1 fully saturated rings. The molecule has 1 aromatic rings. The number of Topliss-reactive ketones (excluding diaryl/α,β-unsaturated/α-hetero) is 2. The minimum atomic E-state index is -2.18. The Labute approximate surface area is 332 Å². The molecule has 9 heteroatoms. The number of aliphatic hydroxyl groups excluding tert-OH is 1. The highest BCUT2D eigenvalue weighted by atomic mass is 16.5. The number of aromatic nitrogens is 2. The van der Waals surface area contributed by atoms with Gasteiger partial charge in [-0.3, -0.25) is 23.9 Å². The van der Waals surface area contributed by atoms with Gasteiger partial charge in [0.25, 0.3) is 5.56 Å². The molecule has 314 valence electrons. The second-order valence-electron chi connectivity index (χ2n) is 16.1. The number of hydrogen-bond acceptors (Lipinski definition) is 7. The summed E-state index contributed by atoms with van der Waals surface area (Å²) in [5, 5.41) is 22.7. The van der Waals surface area contributed by atoms with Crippen LogP contribution in [-0.2, 0) is 14.3 Å². The number of aliphatic hydroxyl groups is 2. The predicted molar refractivity (Wildman–Crippen MR) is 224 cm³/mol. The van der Waals surface area contributed by atoms with E-state index >= 15 is 0 Å².